The molecule has 0 saturated carbocycles. The molecule has 29 heavy (non-hydrogen) atoms. The third kappa shape index (κ3) is 5.31. The molecule has 1 aliphatic rings. The van der Waals surface area contributed by atoms with Gasteiger partial charge in [-0.15, -0.1) is 0 Å². The van der Waals surface area contributed by atoms with E-state index in [4.69, 9.17) is 33.3 Å². The van der Waals surface area contributed by atoms with Crippen molar-refractivity contribution >= 4 is 46.2 Å². The largest absolute Gasteiger partial charge is 0.497 e. The number of anilines is 2. The third-order valence-electron chi connectivity index (χ3n) is 4.75. The molecule has 1 saturated heterocycles. The maximum atomic E-state index is 12.6. The molecule has 1 amide bonds. The number of para-hydroxylation sites is 1. The topological polar surface area (TPSA) is 62.8 Å². The average molecular weight is 434 g/mol. The fourth-order valence-electron chi connectivity index (χ4n) is 3.32. The molecule has 0 aliphatic carbocycles. The summed E-state index contributed by atoms with van der Waals surface area (Å²) in [6.45, 7) is 1.89. The molecule has 2 aromatic rings. The lowest BCUT2D eigenvalue weighted by molar-refractivity contribution is 0.0977. The summed E-state index contributed by atoms with van der Waals surface area (Å²) in [4.78, 5) is 14.9. The second-order valence-electron chi connectivity index (χ2n) is 6.69. The number of rotatable bonds is 5. The van der Waals surface area contributed by atoms with E-state index in [0.29, 0.717) is 22.1 Å². The maximum absolute atomic E-state index is 12.6. The zero-order chi connectivity index (χ0) is 20.8. The van der Waals surface area contributed by atoms with Gasteiger partial charge in [0, 0.05) is 24.7 Å². The molecule has 0 unspecified atom stereocenters. The lowest BCUT2D eigenvalue weighted by atomic mass is 10.1. The normalized spacial score (nSPS) is 13.6. The Labute approximate surface area is 181 Å². The van der Waals surface area contributed by atoms with E-state index in [1.807, 2.05) is 18.2 Å². The van der Waals surface area contributed by atoms with Gasteiger partial charge in [0.05, 0.1) is 30.6 Å². The molecule has 0 bridgehead atoms. The molecule has 2 N–H and O–H groups in total. The molecular weight excluding hydrogens is 410 g/mol. The van der Waals surface area contributed by atoms with Crippen LogP contribution in [0.15, 0.2) is 36.4 Å². The van der Waals surface area contributed by atoms with Gasteiger partial charge < -0.3 is 19.7 Å². The Morgan fingerprint density at radius 3 is 2.34 bits per heavy atom. The Hall–Kier alpha value is -2.51. The summed E-state index contributed by atoms with van der Waals surface area (Å²) in [5, 5.41) is 6.67. The number of benzene rings is 2. The molecular formula is C21H24ClN3O3S. The molecule has 0 spiro atoms. The maximum Gasteiger partial charge on any atom is 0.257 e. The van der Waals surface area contributed by atoms with Crippen molar-refractivity contribution in [3.63, 3.8) is 0 Å². The minimum Gasteiger partial charge on any atom is -0.497 e. The van der Waals surface area contributed by atoms with Gasteiger partial charge in [0.1, 0.15) is 11.5 Å². The van der Waals surface area contributed by atoms with Crippen LogP contribution in [0.3, 0.4) is 0 Å². The predicted molar refractivity (Wildman–Crippen MR) is 121 cm³/mol. The zero-order valence-electron chi connectivity index (χ0n) is 16.5. The summed E-state index contributed by atoms with van der Waals surface area (Å²) in [5.74, 6) is 0.687. The van der Waals surface area contributed by atoms with Crippen LogP contribution in [0.4, 0.5) is 11.4 Å². The van der Waals surface area contributed by atoms with Gasteiger partial charge in [-0.2, -0.15) is 0 Å². The van der Waals surface area contributed by atoms with Crippen molar-refractivity contribution in [2.75, 3.05) is 37.5 Å². The van der Waals surface area contributed by atoms with E-state index >= 15 is 0 Å². The van der Waals surface area contributed by atoms with E-state index in [1.165, 1.54) is 20.6 Å². The summed E-state index contributed by atoms with van der Waals surface area (Å²) in [7, 11) is 3.06. The summed E-state index contributed by atoms with van der Waals surface area (Å²) in [6, 6.07) is 10.6. The smallest absolute Gasteiger partial charge is 0.257 e. The number of carbonyl (C=O) groups is 1. The molecule has 1 fully saturated rings. The number of piperidine rings is 1. The van der Waals surface area contributed by atoms with Crippen molar-refractivity contribution in [3.05, 3.63) is 47.0 Å². The molecule has 2 aromatic carbocycles. The van der Waals surface area contributed by atoms with E-state index in [2.05, 4.69) is 15.5 Å². The van der Waals surface area contributed by atoms with Crippen LogP contribution in [0.25, 0.3) is 0 Å². The molecule has 0 radical (unpaired) electrons. The van der Waals surface area contributed by atoms with Crippen molar-refractivity contribution in [2.45, 2.75) is 19.3 Å². The Morgan fingerprint density at radius 1 is 1.07 bits per heavy atom. The molecule has 8 heteroatoms. The number of halogens is 1. The number of thiocarbonyl (C=S) groups is 1. The Bertz CT molecular complexity index is 878. The highest BCUT2D eigenvalue weighted by Gasteiger charge is 2.19. The predicted octanol–water partition coefficient (Wildman–Crippen LogP) is 4.47. The Morgan fingerprint density at radius 2 is 1.72 bits per heavy atom. The highest BCUT2D eigenvalue weighted by atomic mass is 35.5. The number of nitrogens with one attached hydrogen (secondary N) is 2. The summed E-state index contributed by atoms with van der Waals surface area (Å²) < 4.78 is 10.4. The standard InChI is InChI=1S/C21H24ClN3O3S/c1-27-15-11-14(12-16(13-15)28-2)20(26)24-21(29)23-18-8-6-7-17(22)19(18)25-9-4-3-5-10-25/h6-8,11-13H,3-5,9-10H2,1-2H3,(H2,23,24,26,29). The van der Waals surface area contributed by atoms with Gasteiger partial charge in [-0.3, -0.25) is 10.1 Å². The van der Waals surface area contributed by atoms with Crippen LogP contribution >= 0.6 is 23.8 Å². The third-order valence-corrected chi connectivity index (χ3v) is 5.26. The molecule has 6 nitrogen and oxygen atoms in total. The van der Waals surface area contributed by atoms with E-state index in [0.717, 1.165) is 37.3 Å². The first-order valence-corrected chi connectivity index (χ1v) is 10.2. The van der Waals surface area contributed by atoms with Crippen LogP contribution in [0, 0.1) is 0 Å². The van der Waals surface area contributed by atoms with Crippen LogP contribution in [-0.4, -0.2) is 38.3 Å². The van der Waals surface area contributed by atoms with E-state index < -0.39 is 0 Å². The minimum absolute atomic E-state index is 0.192. The Kier molecular flexibility index (Phi) is 7.17. The summed E-state index contributed by atoms with van der Waals surface area (Å²) in [5.41, 5.74) is 2.06. The molecule has 1 heterocycles. The molecule has 3 rings (SSSR count). The van der Waals surface area contributed by atoms with Gasteiger partial charge in [0.15, 0.2) is 5.11 Å². The quantitative estimate of drug-likeness (QED) is 0.678. The first-order valence-electron chi connectivity index (χ1n) is 9.40. The highest BCUT2D eigenvalue weighted by Crippen LogP contribution is 2.35. The van der Waals surface area contributed by atoms with Gasteiger partial charge in [-0.1, -0.05) is 17.7 Å². The molecule has 1 aliphatic heterocycles. The SMILES string of the molecule is COc1cc(OC)cc(C(=O)NC(=S)Nc2cccc(Cl)c2N2CCCCC2)c1. The van der Waals surface area contributed by atoms with Crippen molar-refractivity contribution in [3.8, 4) is 11.5 Å². The first-order chi connectivity index (χ1) is 14.0. The van der Waals surface area contributed by atoms with Gasteiger partial charge in [0.2, 0.25) is 0 Å². The number of nitrogens with zero attached hydrogens (tertiary/aromatic N) is 1. The molecule has 154 valence electrons. The van der Waals surface area contributed by atoms with Gasteiger partial charge in [-0.05, 0) is 55.7 Å². The van der Waals surface area contributed by atoms with Crippen LogP contribution in [0.1, 0.15) is 29.6 Å². The van der Waals surface area contributed by atoms with Gasteiger partial charge >= 0.3 is 0 Å². The number of hydrogen-bond donors (Lipinski definition) is 2. The summed E-state index contributed by atoms with van der Waals surface area (Å²) in [6.07, 6.45) is 3.48. The number of methoxy groups -OCH3 is 2. The van der Waals surface area contributed by atoms with Gasteiger partial charge in [-0.25, -0.2) is 0 Å². The number of hydrogen-bond acceptors (Lipinski definition) is 5. The first kappa shape index (κ1) is 21.2. The van der Waals surface area contributed by atoms with Crippen molar-refractivity contribution in [1.29, 1.82) is 0 Å². The summed E-state index contributed by atoms with van der Waals surface area (Å²) >= 11 is 11.8. The second-order valence-corrected chi connectivity index (χ2v) is 7.51. The van der Waals surface area contributed by atoms with Crippen LogP contribution < -0.4 is 25.0 Å². The van der Waals surface area contributed by atoms with Crippen LogP contribution in [-0.2, 0) is 0 Å². The highest BCUT2D eigenvalue weighted by molar-refractivity contribution is 7.80. The van der Waals surface area contributed by atoms with E-state index in [9.17, 15) is 4.79 Å². The fourth-order valence-corrected chi connectivity index (χ4v) is 3.82. The second kappa shape index (κ2) is 9.80. The minimum atomic E-state index is -0.360. The lowest BCUT2D eigenvalue weighted by Crippen LogP contribution is -2.35. The average Bonchev–Trinajstić information content (AvgIpc) is 2.74. The van der Waals surface area contributed by atoms with Gasteiger partial charge in [0.25, 0.3) is 5.91 Å². The Balaban J connectivity index is 1.74. The van der Waals surface area contributed by atoms with E-state index in [-0.39, 0.29) is 11.0 Å². The van der Waals surface area contributed by atoms with Crippen molar-refractivity contribution in [2.24, 2.45) is 0 Å². The number of amides is 1. The van der Waals surface area contributed by atoms with E-state index in [1.54, 1.807) is 18.2 Å². The number of carbonyl (C=O) groups excluding carboxylic acids is 1. The number of ether oxygens (including phenoxy) is 2. The molecule has 0 aromatic heterocycles. The van der Waals surface area contributed by atoms with Crippen LogP contribution in [0.5, 0.6) is 11.5 Å². The fraction of sp³-hybridized carbons (Fsp3) is 0.333. The monoisotopic (exact) mass is 433 g/mol. The van der Waals surface area contributed by atoms with Crippen LogP contribution in [0.2, 0.25) is 5.02 Å². The lowest BCUT2D eigenvalue weighted by Gasteiger charge is -2.31. The molecule has 0 atom stereocenters. The van der Waals surface area contributed by atoms with Crippen molar-refractivity contribution < 1.29 is 14.3 Å². The zero-order valence-corrected chi connectivity index (χ0v) is 18.0. The van der Waals surface area contributed by atoms with Crippen molar-refractivity contribution in [1.82, 2.24) is 5.32 Å².